The average molecular weight is 507 g/mol. The molecule has 0 radical (unpaired) electrons. The predicted molar refractivity (Wildman–Crippen MR) is 145 cm³/mol. The molecule has 6 rings (SSSR count). The number of carbonyl (C=O) groups excluding carboxylic acids is 1. The Kier molecular flexibility index (Phi) is 6.19. The van der Waals surface area contributed by atoms with E-state index in [1.54, 1.807) is 4.90 Å². The molecule has 0 bridgehead atoms. The van der Waals surface area contributed by atoms with Crippen LogP contribution in [0.15, 0.2) is 54.6 Å². The van der Waals surface area contributed by atoms with E-state index in [4.69, 9.17) is 10.1 Å². The molecule has 0 aliphatic heterocycles. The third-order valence-corrected chi connectivity index (χ3v) is 7.29. The average Bonchev–Trinajstić information content (AvgIpc) is 3.51. The molecule has 1 saturated carbocycles. The van der Waals surface area contributed by atoms with Gasteiger partial charge >= 0.3 is 0 Å². The monoisotopic (exact) mass is 506 g/mol. The minimum absolute atomic E-state index is 0.0367. The van der Waals surface area contributed by atoms with Gasteiger partial charge in [0.15, 0.2) is 5.65 Å². The van der Waals surface area contributed by atoms with Crippen LogP contribution in [0.4, 0.5) is 0 Å². The smallest absolute Gasteiger partial charge is 0.272 e. The van der Waals surface area contributed by atoms with Crippen molar-refractivity contribution in [3.63, 3.8) is 0 Å². The Hall–Kier alpha value is -4.40. The Balaban J connectivity index is 1.37. The van der Waals surface area contributed by atoms with Gasteiger partial charge in [0, 0.05) is 42.2 Å². The lowest BCUT2D eigenvalue weighted by Crippen LogP contribution is -2.31. The number of benzene rings is 2. The van der Waals surface area contributed by atoms with Crippen LogP contribution in [0.2, 0.25) is 0 Å². The summed E-state index contributed by atoms with van der Waals surface area (Å²) in [6.07, 6.45) is 3.00. The van der Waals surface area contributed by atoms with Gasteiger partial charge in [0.25, 0.3) is 5.91 Å². The lowest BCUT2D eigenvalue weighted by atomic mass is 9.96. The van der Waals surface area contributed by atoms with Gasteiger partial charge in [0.1, 0.15) is 5.69 Å². The van der Waals surface area contributed by atoms with Crippen molar-refractivity contribution in [2.75, 3.05) is 13.1 Å². The number of rotatable bonds is 8. The second kappa shape index (κ2) is 9.81. The van der Waals surface area contributed by atoms with Gasteiger partial charge in [0.2, 0.25) is 5.82 Å². The van der Waals surface area contributed by atoms with Gasteiger partial charge in [-0.05, 0) is 61.6 Å². The van der Waals surface area contributed by atoms with Crippen LogP contribution in [-0.2, 0) is 6.42 Å². The Labute approximate surface area is 220 Å². The molecule has 0 atom stereocenters. The molecule has 5 aromatic rings. The highest BCUT2D eigenvalue weighted by Gasteiger charge is 2.31. The zero-order chi connectivity index (χ0) is 26.2. The van der Waals surface area contributed by atoms with Crippen LogP contribution in [0.25, 0.3) is 28.2 Å². The number of nitrogens with one attached hydrogen (secondary N) is 1. The number of tetrazole rings is 1. The number of H-pyrrole nitrogens is 1. The maximum atomic E-state index is 13.1. The van der Waals surface area contributed by atoms with Crippen molar-refractivity contribution in [3.05, 3.63) is 82.8 Å². The first-order valence-corrected chi connectivity index (χ1v) is 13.2. The largest absolute Gasteiger partial charge is 0.338 e. The number of aryl methyl sites for hydroxylation is 1. The number of nitrogens with zero attached hydrogens (tertiary/aromatic N) is 7. The van der Waals surface area contributed by atoms with Crippen LogP contribution in [0.3, 0.4) is 0 Å². The van der Waals surface area contributed by atoms with Gasteiger partial charge in [-0.3, -0.25) is 4.79 Å². The first kappa shape index (κ1) is 24.0. The van der Waals surface area contributed by atoms with Gasteiger partial charge in [-0.2, -0.15) is 10.3 Å². The summed E-state index contributed by atoms with van der Waals surface area (Å²) in [4.78, 5) is 19.8. The summed E-state index contributed by atoms with van der Waals surface area (Å²) in [6.45, 7) is 7.29. The second-order valence-electron chi connectivity index (χ2n) is 9.79. The normalized spacial score (nSPS) is 13.2. The molecule has 9 nitrogen and oxygen atoms in total. The van der Waals surface area contributed by atoms with Gasteiger partial charge in [0.05, 0.1) is 5.69 Å². The molecule has 1 fully saturated rings. The van der Waals surface area contributed by atoms with E-state index in [2.05, 4.69) is 51.0 Å². The van der Waals surface area contributed by atoms with Crippen molar-refractivity contribution in [2.24, 2.45) is 0 Å². The van der Waals surface area contributed by atoms with Crippen molar-refractivity contribution in [1.82, 2.24) is 40.1 Å². The summed E-state index contributed by atoms with van der Waals surface area (Å²) in [5, 5.41) is 19.5. The third-order valence-electron chi connectivity index (χ3n) is 7.29. The molecular formula is C29H30N8O. The third kappa shape index (κ3) is 4.34. The standard InChI is InChI=1S/C29H30N8O/c1-4-36(5-2)29(38)25-16-18(3)37-28(30-25)24(26(33-37)21-14-15-21)17-19-10-12-20(13-11-19)22-8-6-7-9-23(22)27-31-34-35-32-27/h6-13,16,21H,4-5,14-15,17H2,1-3H3,(H,31,32,34,35). The highest BCUT2D eigenvalue weighted by atomic mass is 16.2. The number of aromatic amines is 1. The summed E-state index contributed by atoms with van der Waals surface area (Å²) < 4.78 is 1.91. The van der Waals surface area contributed by atoms with Crippen LogP contribution >= 0.6 is 0 Å². The highest BCUT2D eigenvalue weighted by Crippen LogP contribution is 2.42. The fourth-order valence-electron chi connectivity index (χ4n) is 5.07. The topological polar surface area (TPSA) is 105 Å². The first-order chi connectivity index (χ1) is 18.6. The molecule has 1 N–H and O–H groups in total. The summed E-state index contributed by atoms with van der Waals surface area (Å²) in [6, 6.07) is 18.5. The fraction of sp³-hybridized carbons (Fsp3) is 0.310. The van der Waals surface area contributed by atoms with E-state index in [0.29, 0.717) is 36.9 Å². The van der Waals surface area contributed by atoms with E-state index < -0.39 is 0 Å². The second-order valence-corrected chi connectivity index (χ2v) is 9.79. The number of carbonyl (C=O) groups is 1. The van der Waals surface area contributed by atoms with E-state index in [1.807, 2.05) is 49.6 Å². The quantitative estimate of drug-likeness (QED) is 0.323. The molecule has 1 aliphatic rings. The van der Waals surface area contributed by atoms with Crippen LogP contribution in [0.1, 0.15) is 65.6 Å². The van der Waals surface area contributed by atoms with Crippen molar-refractivity contribution >= 4 is 11.6 Å². The summed E-state index contributed by atoms with van der Waals surface area (Å²) in [5.74, 6) is 1.00. The van der Waals surface area contributed by atoms with Crippen molar-refractivity contribution < 1.29 is 4.79 Å². The first-order valence-electron chi connectivity index (χ1n) is 13.2. The zero-order valence-electron chi connectivity index (χ0n) is 21.8. The molecule has 38 heavy (non-hydrogen) atoms. The van der Waals surface area contributed by atoms with E-state index >= 15 is 0 Å². The number of hydrogen-bond donors (Lipinski definition) is 1. The summed E-state index contributed by atoms with van der Waals surface area (Å²) in [5.41, 5.74) is 8.64. The predicted octanol–water partition coefficient (Wildman–Crippen LogP) is 4.84. The lowest BCUT2D eigenvalue weighted by Gasteiger charge is -2.18. The molecule has 192 valence electrons. The Morgan fingerprint density at radius 3 is 2.45 bits per heavy atom. The van der Waals surface area contributed by atoms with E-state index in [-0.39, 0.29) is 5.91 Å². The van der Waals surface area contributed by atoms with E-state index in [1.165, 1.54) is 5.56 Å². The van der Waals surface area contributed by atoms with Crippen LogP contribution in [0.5, 0.6) is 0 Å². The zero-order valence-corrected chi connectivity index (χ0v) is 21.8. The lowest BCUT2D eigenvalue weighted by molar-refractivity contribution is 0.0767. The number of aromatic nitrogens is 7. The Morgan fingerprint density at radius 2 is 1.79 bits per heavy atom. The fourth-order valence-corrected chi connectivity index (χ4v) is 5.07. The molecule has 3 heterocycles. The van der Waals surface area contributed by atoms with E-state index in [9.17, 15) is 4.79 Å². The van der Waals surface area contributed by atoms with Crippen LogP contribution in [-0.4, -0.2) is 59.1 Å². The SMILES string of the molecule is CCN(CC)C(=O)c1cc(C)n2nc(C3CC3)c(Cc3ccc(-c4ccccc4-c4nn[nH]n4)cc3)c2n1. The summed E-state index contributed by atoms with van der Waals surface area (Å²) >= 11 is 0. The van der Waals surface area contributed by atoms with Crippen molar-refractivity contribution in [1.29, 1.82) is 0 Å². The molecule has 1 amide bonds. The van der Waals surface area contributed by atoms with E-state index in [0.717, 1.165) is 52.1 Å². The van der Waals surface area contributed by atoms with Crippen molar-refractivity contribution in [3.8, 4) is 22.5 Å². The summed E-state index contributed by atoms with van der Waals surface area (Å²) in [7, 11) is 0. The van der Waals surface area contributed by atoms with Gasteiger partial charge in [-0.1, -0.05) is 48.5 Å². The van der Waals surface area contributed by atoms with Gasteiger partial charge in [-0.15, -0.1) is 10.2 Å². The maximum Gasteiger partial charge on any atom is 0.272 e. The van der Waals surface area contributed by atoms with Crippen molar-refractivity contribution in [2.45, 2.75) is 46.0 Å². The molecule has 3 aromatic heterocycles. The Bertz CT molecular complexity index is 1600. The maximum absolute atomic E-state index is 13.1. The molecule has 0 saturated heterocycles. The number of amides is 1. The molecule has 0 unspecified atom stereocenters. The van der Waals surface area contributed by atoms with Crippen LogP contribution in [0, 0.1) is 6.92 Å². The molecular weight excluding hydrogens is 476 g/mol. The highest BCUT2D eigenvalue weighted by molar-refractivity contribution is 5.93. The number of fused-ring (bicyclic) bond motifs is 1. The van der Waals surface area contributed by atoms with Crippen LogP contribution < -0.4 is 0 Å². The minimum atomic E-state index is -0.0367. The molecule has 2 aromatic carbocycles. The molecule has 0 spiro atoms. The minimum Gasteiger partial charge on any atom is -0.338 e. The van der Waals surface area contributed by atoms with Gasteiger partial charge in [-0.25, -0.2) is 9.50 Å². The number of hydrogen-bond acceptors (Lipinski definition) is 6. The Morgan fingerprint density at radius 1 is 1.05 bits per heavy atom. The van der Waals surface area contributed by atoms with Gasteiger partial charge < -0.3 is 4.90 Å². The molecule has 9 heteroatoms. The molecule has 1 aliphatic carbocycles.